The molecule has 0 spiro atoms. The molecule has 0 radical (unpaired) electrons. The van der Waals surface area contributed by atoms with Crippen LogP contribution < -0.4 is 4.90 Å². The second-order valence-electron chi connectivity index (χ2n) is 8.48. The van der Waals surface area contributed by atoms with Crippen molar-refractivity contribution in [3.63, 3.8) is 0 Å². The van der Waals surface area contributed by atoms with Crippen LogP contribution in [0.4, 0.5) is 5.69 Å². The van der Waals surface area contributed by atoms with Crippen LogP contribution in [0.2, 0.25) is 0 Å². The molecule has 140 valence electrons. The summed E-state index contributed by atoms with van der Waals surface area (Å²) >= 11 is 1.55. The number of rotatable bonds is 2. The number of fused-ring (bicyclic) bond motifs is 1. The van der Waals surface area contributed by atoms with E-state index in [0.29, 0.717) is 12.1 Å². The maximum Gasteiger partial charge on any atom is 0.238 e. The SMILES string of the molecule is CC(C)(C)c1ccccc1N1C(=O)[C@H]2[C@@H](c3cccs3)CC(=O)C[C@H]2C1=O. The summed E-state index contributed by atoms with van der Waals surface area (Å²) in [6, 6.07) is 11.5. The van der Waals surface area contributed by atoms with Crippen molar-refractivity contribution in [3.05, 3.63) is 52.2 Å². The summed E-state index contributed by atoms with van der Waals surface area (Å²) in [7, 11) is 0. The molecule has 1 saturated heterocycles. The quantitative estimate of drug-likeness (QED) is 0.729. The number of carbonyl (C=O) groups excluding carboxylic acids is 3. The van der Waals surface area contributed by atoms with Gasteiger partial charge in [0, 0.05) is 23.6 Å². The van der Waals surface area contributed by atoms with Gasteiger partial charge in [-0.2, -0.15) is 0 Å². The number of anilines is 1. The van der Waals surface area contributed by atoms with E-state index < -0.39 is 11.8 Å². The third-order valence-electron chi connectivity index (χ3n) is 5.67. The highest BCUT2D eigenvalue weighted by Gasteiger charge is 2.55. The summed E-state index contributed by atoms with van der Waals surface area (Å²) in [5.74, 6) is -1.49. The minimum atomic E-state index is -0.543. The topological polar surface area (TPSA) is 54.5 Å². The van der Waals surface area contributed by atoms with Crippen LogP contribution in [0, 0.1) is 11.8 Å². The zero-order valence-electron chi connectivity index (χ0n) is 15.8. The van der Waals surface area contributed by atoms with Crippen molar-refractivity contribution in [2.75, 3.05) is 4.90 Å². The molecule has 2 aromatic rings. The summed E-state index contributed by atoms with van der Waals surface area (Å²) in [5.41, 5.74) is 1.42. The number of ketones is 1. The number of hydrogen-bond acceptors (Lipinski definition) is 4. The number of carbonyl (C=O) groups is 3. The lowest BCUT2D eigenvalue weighted by Crippen LogP contribution is -2.34. The van der Waals surface area contributed by atoms with Gasteiger partial charge in [-0.3, -0.25) is 14.4 Å². The molecular formula is C22H23NO3S. The van der Waals surface area contributed by atoms with Crippen molar-refractivity contribution in [1.29, 1.82) is 0 Å². The Morgan fingerprint density at radius 1 is 0.926 bits per heavy atom. The predicted octanol–water partition coefficient (Wildman–Crippen LogP) is 4.30. The summed E-state index contributed by atoms with van der Waals surface area (Å²) in [6.07, 6.45) is 0.515. The second kappa shape index (κ2) is 6.41. The van der Waals surface area contributed by atoms with Crippen molar-refractivity contribution < 1.29 is 14.4 Å². The lowest BCUT2D eigenvalue weighted by Gasteiger charge is -2.29. The van der Waals surface area contributed by atoms with Crippen LogP contribution in [0.1, 0.15) is 50.0 Å². The molecule has 1 aliphatic carbocycles. The predicted molar refractivity (Wildman–Crippen MR) is 106 cm³/mol. The van der Waals surface area contributed by atoms with E-state index in [9.17, 15) is 14.4 Å². The third-order valence-corrected chi connectivity index (χ3v) is 6.67. The maximum atomic E-state index is 13.4. The number of para-hydroxylation sites is 1. The number of imide groups is 1. The molecule has 0 N–H and O–H groups in total. The van der Waals surface area contributed by atoms with Gasteiger partial charge in [0.1, 0.15) is 5.78 Å². The Hall–Kier alpha value is -2.27. The first-order chi connectivity index (χ1) is 12.8. The van der Waals surface area contributed by atoms with E-state index in [1.165, 1.54) is 4.90 Å². The first-order valence-corrected chi connectivity index (χ1v) is 10.2. The molecule has 1 aromatic carbocycles. The van der Waals surface area contributed by atoms with Crippen LogP contribution in [-0.2, 0) is 19.8 Å². The molecule has 1 saturated carbocycles. The molecule has 27 heavy (non-hydrogen) atoms. The van der Waals surface area contributed by atoms with Gasteiger partial charge in [0.05, 0.1) is 17.5 Å². The van der Waals surface area contributed by atoms with Crippen molar-refractivity contribution >= 4 is 34.6 Å². The summed E-state index contributed by atoms with van der Waals surface area (Å²) in [6.45, 7) is 6.21. The van der Waals surface area contributed by atoms with E-state index in [2.05, 4.69) is 20.8 Å². The molecule has 2 heterocycles. The minimum Gasteiger partial charge on any atom is -0.300 e. The summed E-state index contributed by atoms with van der Waals surface area (Å²) in [5, 5.41) is 1.96. The minimum absolute atomic E-state index is 0.0711. The average Bonchev–Trinajstić information content (AvgIpc) is 3.22. The van der Waals surface area contributed by atoms with Gasteiger partial charge in [-0.25, -0.2) is 4.90 Å². The number of Topliss-reactive ketones (excluding diaryl/α,β-unsaturated/α-hetero) is 1. The van der Waals surface area contributed by atoms with Gasteiger partial charge in [0.15, 0.2) is 0 Å². The van der Waals surface area contributed by atoms with Gasteiger partial charge in [0.2, 0.25) is 11.8 Å². The largest absolute Gasteiger partial charge is 0.300 e. The molecule has 2 fully saturated rings. The smallest absolute Gasteiger partial charge is 0.238 e. The van der Waals surface area contributed by atoms with Crippen molar-refractivity contribution in [2.24, 2.45) is 11.8 Å². The highest BCUT2D eigenvalue weighted by atomic mass is 32.1. The molecule has 0 bridgehead atoms. The van der Waals surface area contributed by atoms with Gasteiger partial charge in [-0.1, -0.05) is 45.0 Å². The second-order valence-corrected chi connectivity index (χ2v) is 9.46. The molecule has 5 heteroatoms. The summed E-state index contributed by atoms with van der Waals surface area (Å²) in [4.78, 5) is 41.4. The van der Waals surface area contributed by atoms with E-state index in [4.69, 9.17) is 0 Å². The van der Waals surface area contributed by atoms with Crippen LogP contribution in [0.25, 0.3) is 0 Å². The molecule has 2 aliphatic rings. The van der Waals surface area contributed by atoms with Crippen LogP contribution in [0.15, 0.2) is 41.8 Å². The van der Waals surface area contributed by atoms with Crippen LogP contribution >= 0.6 is 11.3 Å². The Kier molecular flexibility index (Phi) is 4.30. The highest BCUT2D eigenvalue weighted by molar-refractivity contribution is 7.10. The number of nitrogens with zero attached hydrogens (tertiary/aromatic N) is 1. The van der Waals surface area contributed by atoms with Crippen molar-refractivity contribution in [2.45, 2.75) is 44.9 Å². The highest BCUT2D eigenvalue weighted by Crippen LogP contribution is 2.48. The first kappa shape index (κ1) is 18.1. The number of hydrogen-bond donors (Lipinski definition) is 0. The van der Waals surface area contributed by atoms with Crippen molar-refractivity contribution in [1.82, 2.24) is 0 Å². The Morgan fingerprint density at radius 3 is 2.30 bits per heavy atom. The van der Waals surface area contributed by atoms with Gasteiger partial charge < -0.3 is 0 Å². The van der Waals surface area contributed by atoms with E-state index in [-0.39, 0.29) is 35.4 Å². The maximum absolute atomic E-state index is 13.4. The molecule has 3 atom stereocenters. The zero-order valence-corrected chi connectivity index (χ0v) is 16.6. The Morgan fingerprint density at radius 2 is 1.63 bits per heavy atom. The Labute approximate surface area is 163 Å². The van der Waals surface area contributed by atoms with Crippen LogP contribution in [0.3, 0.4) is 0 Å². The molecule has 1 aliphatic heterocycles. The fourth-order valence-corrected chi connectivity index (χ4v) is 5.31. The van der Waals surface area contributed by atoms with Crippen LogP contribution in [-0.4, -0.2) is 17.6 Å². The molecule has 4 nitrogen and oxygen atoms in total. The van der Waals surface area contributed by atoms with Gasteiger partial charge in [0.25, 0.3) is 0 Å². The Balaban J connectivity index is 1.80. The molecule has 0 unspecified atom stereocenters. The van der Waals surface area contributed by atoms with Crippen LogP contribution in [0.5, 0.6) is 0 Å². The molecular weight excluding hydrogens is 358 g/mol. The lowest BCUT2D eigenvalue weighted by molar-refractivity contribution is -0.130. The van der Waals surface area contributed by atoms with E-state index in [1.807, 2.05) is 41.8 Å². The van der Waals surface area contributed by atoms with E-state index in [1.54, 1.807) is 11.3 Å². The average molecular weight is 381 g/mol. The fraction of sp³-hybridized carbons (Fsp3) is 0.409. The number of amides is 2. The number of thiophene rings is 1. The lowest BCUT2D eigenvalue weighted by atomic mass is 9.72. The van der Waals surface area contributed by atoms with E-state index >= 15 is 0 Å². The van der Waals surface area contributed by atoms with E-state index in [0.717, 1.165) is 10.4 Å². The molecule has 4 rings (SSSR count). The Bertz CT molecular complexity index is 910. The molecule has 1 aromatic heterocycles. The fourth-order valence-electron chi connectivity index (χ4n) is 4.44. The van der Waals surface area contributed by atoms with Crippen molar-refractivity contribution in [3.8, 4) is 0 Å². The third kappa shape index (κ3) is 2.94. The summed E-state index contributed by atoms with van der Waals surface area (Å²) < 4.78 is 0. The standard InChI is InChI=1S/C22H23NO3S/c1-22(2,3)16-7-4-5-8-17(16)23-20(25)15-12-13(24)11-14(19(15)21(23)26)18-9-6-10-27-18/h4-10,14-15,19H,11-12H2,1-3H3/t14-,15-,19+/m1/s1. The molecule has 2 amide bonds. The van der Waals surface area contributed by atoms with Gasteiger partial charge in [-0.15, -0.1) is 11.3 Å². The first-order valence-electron chi connectivity index (χ1n) is 9.31. The van der Waals surface area contributed by atoms with Gasteiger partial charge in [-0.05, 0) is 28.5 Å². The normalized spacial score (nSPS) is 25.8. The van der Waals surface area contributed by atoms with Gasteiger partial charge >= 0.3 is 0 Å². The monoisotopic (exact) mass is 381 g/mol. The zero-order chi connectivity index (χ0) is 19.3. The number of benzene rings is 1.